The van der Waals surface area contributed by atoms with E-state index in [9.17, 15) is 9.18 Å². The third kappa shape index (κ3) is 3.98. The number of carbonyl (C=O) groups excluding carboxylic acids is 1. The highest BCUT2D eigenvalue weighted by Gasteiger charge is 2.18. The first kappa shape index (κ1) is 16.6. The number of carbonyl (C=O) groups is 1. The molecule has 0 radical (unpaired) electrons. The fourth-order valence-corrected chi connectivity index (χ4v) is 2.65. The monoisotopic (exact) mass is 333 g/mol. The minimum absolute atomic E-state index is 0.169. The highest BCUT2D eigenvalue weighted by Crippen LogP contribution is 2.23. The number of halogens is 1. The van der Waals surface area contributed by atoms with E-state index in [2.05, 4.69) is 15.5 Å². The van der Waals surface area contributed by atoms with Crippen LogP contribution in [-0.2, 0) is 9.47 Å². The molecule has 0 aliphatic carbocycles. The summed E-state index contributed by atoms with van der Waals surface area (Å²) in [6.45, 7) is 2.11. The van der Waals surface area contributed by atoms with Crippen LogP contribution in [0.5, 0.6) is 0 Å². The first-order valence-corrected chi connectivity index (χ1v) is 8.01. The molecule has 128 valence electrons. The summed E-state index contributed by atoms with van der Waals surface area (Å²) < 4.78 is 24.8. The zero-order valence-electron chi connectivity index (χ0n) is 13.3. The zero-order chi connectivity index (χ0) is 16.8. The molecule has 6 nitrogen and oxygen atoms in total. The Morgan fingerprint density at radius 3 is 3.12 bits per heavy atom. The fraction of sp³-hybridized carbons (Fsp3) is 0.412. The van der Waals surface area contributed by atoms with Crippen LogP contribution in [0.1, 0.15) is 23.2 Å². The van der Waals surface area contributed by atoms with Gasteiger partial charge in [0.2, 0.25) is 0 Å². The van der Waals surface area contributed by atoms with Gasteiger partial charge in [0.1, 0.15) is 5.82 Å². The Labute approximate surface area is 139 Å². The minimum Gasteiger partial charge on any atom is -0.377 e. The Hall–Kier alpha value is -2.25. The molecule has 1 fully saturated rings. The molecule has 1 aliphatic rings. The van der Waals surface area contributed by atoms with E-state index in [4.69, 9.17) is 9.47 Å². The van der Waals surface area contributed by atoms with Gasteiger partial charge in [0.05, 0.1) is 36.8 Å². The number of H-pyrrole nitrogens is 1. The van der Waals surface area contributed by atoms with Crippen molar-refractivity contribution in [3.8, 4) is 11.3 Å². The number of benzene rings is 1. The summed E-state index contributed by atoms with van der Waals surface area (Å²) in [6.07, 6.45) is 3.66. The highest BCUT2D eigenvalue weighted by molar-refractivity contribution is 5.99. The van der Waals surface area contributed by atoms with E-state index in [1.54, 1.807) is 18.2 Å². The maximum Gasteiger partial charge on any atom is 0.255 e. The summed E-state index contributed by atoms with van der Waals surface area (Å²) in [4.78, 5) is 12.3. The number of amides is 1. The lowest BCUT2D eigenvalue weighted by atomic mass is 10.1. The van der Waals surface area contributed by atoms with Crippen molar-refractivity contribution in [3.63, 3.8) is 0 Å². The lowest BCUT2D eigenvalue weighted by molar-refractivity contribution is 0.0183. The molecule has 2 aromatic rings. The number of hydrogen-bond acceptors (Lipinski definition) is 4. The Bertz CT molecular complexity index is 683. The van der Waals surface area contributed by atoms with E-state index in [0.29, 0.717) is 36.6 Å². The smallest absolute Gasteiger partial charge is 0.255 e. The van der Waals surface area contributed by atoms with Gasteiger partial charge >= 0.3 is 0 Å². The van der Waals surface area contributed by atoms with Crippen molar-refractivity contribution in [2.24, 2.45) is 0 Å². The lowest BCUT2D eigenvalue weighted by Crippen LogP contribution is -2.28. The molecule has 0 saturated carbocycles. The van der Waals surface area contributed by atoms with Crippen LogP contribution >= 0.6 is 0 Å². The van der Waals surface area contributed by atoms with Crippen LogP contribution in [0.2, 0.25) is 0 Å². The molecule has 1 atom stereocenters. The highest BCUT2D eigenvalue weighted by atomic mass is 19.1. The maximum absolute atomic E-state index is 13.9. The SMILES string of the molecule is O=C(NCCOC[C@H]1CCCO1)c1cn[nH]c1-c1ccccc1F. The Morgan fingerprint density at radius 1 is 1.46 bits per heavy atom. The van der Waals surface area contributed by atoms with Crippen LogP contribution in [0.25, 0.3) is 11.3 Å². The van der Waals surface area contributed by atoms with Gasteiger partial charge in [-0.3, -0.25) is 9.89 Å². The second-order valence-electron chi connectivity index (χ2n) is 5.60. The molecule has 1 amide bonds. The third-order valence-electron chi connectivity index (χ3n) is 3.89. The van der Waals surface area contributed by atoms with E-state index in [1.165, 1.54) is 12.3 Å². The number of aromatic amines is 1. The summed E-state index contributed by atoms with van der Waals surface area (Å²) in [5, 5.41) is 9.29. The van der Waals surface area contributed by atoms with E-state index >= 15 is 0 Å². The second-order valence-corrected chi connectivity index (χ2v) is 5.60. The summed E-state index contributed by atoms with van der Waals surface area (Å²) >= 11 is 0. The standard InChI is InChI=1S/C17H20FN3O3/c18-15-6-2-1-5-13(15)16-14(10-20-21-16)17(22)19-7-9-23-11-12-4-3-8-24-12/h1-2,5-6,10,12H,3-4,7-9,11H2,(H,19,22)(H,20,21)/t12-/m1/s1. The predicted octanol–water partition coefficient (Wildman–Crippen LogP) is 2.14. The van der Waals surface area contributed by atoms with Gasteiger partial charge in [0, 0.05) is 18.7 Å². The van der Waals surface area contributed by atoms with E-state index in [-0.39, 0.29) is 12.0 Å². The molecule has 24 heavy (non-hydrogen) atoms. The van der Waals surface area contributed by atoms with Crippen LogP contribution < -0.4 is 5.32 Å². The van der Waals surface area contributed by atoms with E-state index in [0.717, 1.165) is 19.4 Å². The Balaban J connectivity index is 1.51. The number of rotatable bonds is 7. The molecule has 1 aliphatic heterocycles. The Kier molecular flexibility index (Phi) is 5.55. The van der Waals surface area contributed by atoms with Crippen LogP contribution in [-0.4, -0.2) is 48.6 Å². The van der Waals surface area contributed by atoms with Gasteiger partial charge < -0.3 is 14.8 Å². The number of nitrogens with one attached hydrogen (secondary N) is 2. The normalized spacial score (nSPS) is 17.1. The van der Waals surface area contributed by atoms with Gasteiger partial charge in [-0.15, -0.1) is 0 Å². The average Bonchev–Trinajstić information content (AvgIpc) is 3.26. The molecule has 2 N–H and O–H groups in total. The van der Waals surface area contributed by atoms with Crippen molar-refractivity contribution >= 4 is 5.91 Å². The molecule has 1 aromatic heterocycles. The molecule has 2 heterocycles. The molecule has 1 aromatic carbocycles. The zero-order valence-corrected chi connectivity index (χ0v) is 13.3. The lowest BCUT2D eigenvalue weighted by Gasteiger charge is -2.10. The number of nitrogens with zero attached hydrogens (tertiary/aromatic N) is 1. The van der Waals surface area contributed by atoms with Gasteiger partial charge in [-0.25, -0.2) is 4.39 Å². The van der Waals surface area contributed by atoms with Crippen LogP contribution in [0.3, 0.4) is 0 Å². The molecule has 0 unspecified atom stereocenters. The maximum atomic E-state index is 13.9. The number of ether oxygens (including phenoxy) is 2. The summed E-state index contributed by atoms with van der Waals surface area (Å²) in [5.74, 6) is -0.724. The molecule has 0 spiro atoms. The van der Waals surface area contributed by atoms with E-state index in [1.807, 2.05) is 0 Å². The molecular weight excluding hydrogens is 313 g/mol. The van der Waals surface area contributed by atoms with Gasteiger partial charge in [0.25, 0.3) is 5.91 Å². The van der Waals surface area contributed by atoms with Gasteiger partial charge in [-0.2, -0.15) is 5.10 Å². The molecule has 0 bridgehead atoms. The molecule has 3 rings (SSSR count). The average molecular weight is 333 g/mol. The van der Waals surface area contributed by atoms with Crippen molar-refractivity contribution in [2.45, 2.75) is 18.9 Å². The van der Waals surface area contributed by atoms with Gasteiger partial charge in [0.15, 0.2) is 0 Å². The van der Waals surface area contributed by atoms with Gasteiger partial charge in [-0.1, -0.05) is 12.1 Å². The fourth-order valence-electron chi connectivity index (χ4n) is 2.65. The van der Waals surface area contributed by atoms with Crippen molar-refractivity contribution in [1.29, 1.82) is 0 Å². The van der Waals surface area contributed by atoms with Crippen LogP contribution in [0, 0.1) is 5.82 Å². The van der Waals surface area contributed by atoms with Crippen LogP contribution in [0.15, 0.2) is 30.5 Å². The quantitative estimate of drug-likeness (QED) is 0.761. The summed E-state index contributed by atoms with van der Waals surface area (Å²) in [7, 11) is 0. The summed E-state index contributed by atoms with van der Waals surface area (Å²) in [5.41, 5.74) is 0.986. The first-order chi connectivity index (χ1) is 11.8. The van der Waals surface area contributed by atoms with Crippen LogP contribution in [0.4, 0.5) is 4.39 Å². The molecular formula is C17H20FN3O3. The second kappa shape index (κ2) is 8.03. The third-order valence-corrected chi connectivity index (χ3v) is 3.89. The minimum atomic E-state index is -0.407. The van der Waals surface area contributed by atoms with Crippen molar-refractivity contribution in [1.82, 2.24) is 15.5 Å². The first-order valence-electron chi connectivity index (χ1n) is 8.01. The Morgan fingerprint density at radius 2 is 2.33 bits per heavy atom. The molecule has 1 saturated heterocycles. The van der Waals surface area contributed by atoms with Crippen molar-refractivity contribution in [3.05, 3.63) is 41.8 Å². The number of aromatic nitrogens is 2. The topological polar surface area (TPSA) is 76.2 Å². The number of hydrogen-bond donors (Lipinski definition) is 2. The van der Waals surface area contributed by atoms with Gasteiger partial charge in [-0.05, 0) is 25.0 Å². The predicted molar refractivity (Wildman–Crippen MR) is 86.1 cm³/mol. The van der Waals surface area contributed by atoms with E-state index < -0.39 is 5.82 Å². The van der Waals surface area contributed by atoms with Crippen molar-refractivity contribution in [2.75, 3.05) is 26.4 Å². The summed E-state index contributed by atoms with van der Waals surface area (Å²) in [6, 6.07) is 6.25. The largest absolute Gasteiger partial charge is 0.377 e. The van der Waals surface area contributed by atoms with Crippen molar-refractivity contribution < 1.29 is 18.7 Å². The molecule has 7 heteroatoms.